The van der Waals surface area contributed by atoms with Crippen molar-refractivity contribution < 1.29 is 23.8 Å². The van der Waals surface area contributed by atoms with Crippen LogP contribution in [0.2, 0.25) is 5.02 Å². The number of rotatable bonds is 5. The van der Waals surface area contributed by atoms with Crippen molar-refractivity contribution in [3.8, 4) is 5.75 Å². The van der Waals surface area contributed by atoms with Gasteiger partial charge in [0.05, 0.1) is 23.7 Å². The number of methoxy groups -OCH3 is 1. The smallest absolute Gasteiger partial charge is 0.405 e. The highest BCUT2D eigenvalue weighted by molar-refractivity contribution is 6.30. The summed E-state index contributed by atoms with van der Waals surface area (Å²) in [7, 11) is 1.31. The van der Waals surface area contributed by atoms with Gasteiger partial charge in [-0.25, -0.2) is 9.18 Å². The van der Waals surface area contributed by atoms with Gasteiger partial charge in [0.2, 0.25) is 0 Å². The molecule has 1 unspecified atom stereocenters. The molecule has 0 saturated carbocycles. The minimum Gasteiger partial charge on any atom is -0.496 e. The van der Waals surface area contributed by atoms with Gasteiger partial charge < -0.3 is 20.0 Å². The molecule has 18 heavy (non-hydrogen) atoms. The molecule has 0 fully saturated rings. The van der Waals surface area contributed by atoms with Gasteiger partial charge in [0.1, 0.15) is 12.0 Å². The minimum absolute atomic E-state index is 0.0838. The Hall–Kier alpha value is -1.82. The van der Waals surface area contributed by atoms with Gasteiger partial charge in [-0.3, -0.25) is 0 Å². The number of hydrogen-bond acceptors (Lipinski definition) is 3. The van der Waals surface area contributed by atoms with Crippen LogP contribution in [-0.4, -0.2) is 24.6 Å². The van der Waals surface area contributed by atoms with Crippen LogP contribution in [0.5, 0.6) is 5.75 Å². The molecule has 1 aromatic carbocycles. The van der Waals surface area contributed by atoms with Crippen molar-refractivity contribution >= 4 is 24.0 Å². The topological polar surface area (TPSA) is 75.6 Å². The van der Waals surface area contributed by atoms with Crippen LogP contribution in [0.4, 0.5) is 9.18 Å². The molecule has 0 radical (unpaired) electrons. The van der Waals surface area contributed by atoms with Gasteiger partial charge in [0, 0.05) is 6.42 Å². The quantitative estimate of drug-likeness (QED) is 0.809. The first-order valence-corrected chi connectivity index (χ1v) is 5.34. The van der Waals surface area contributed by atoms with E-state index in [0.717, 1.165) is 0 Å². The van der Waals surface area contributed by atoms with Crippen LogP contribution in [0.15, 0.2) is 12.1 Å². The SMILES string of the molecule is COc1ccc(Cl)c(F)c1C(CC=O)NC(=O)O. The summed E-state index contributed by atoms with van der Waals surface area (Å²) >= 11 is 5.63. The van der Waals surface area contributed by atoms with Crippen molar-refractivity contribution in [1.29, 1.82) is 0 Å². The second kappa shape index (κ2) is 6.20. The molecule has 0 aliphatic heterocycles. The number of ether oxygens (including phenoxy) is 1. The number of amides is 1. The van der Waals surface area contributed by atoms with Crippen molar-refractivity contribution in [1.82, 2.24) is 5.32 Å². The highest BCUT2D eigenvalue weighted by Gasteiger charge is 2.23. The normalized spacial score (nSPS) is 11.7. The van der Waals surface area contributed by atoms with Crippen LogP contribution < -0.4 is 10.1 Å². The Kier molecular flexibility index (Phi) is 4.91. The highest BCUT2D eigenvalue weighted by Crippen LogP contribution is 2.33. The molecule has 0 heterocycles. The van der Waals surface area contributed by atoms with E-state index in [1.54, 1.807) is 0 Å². The third-order valence-electron chi connectivity index (χ3n) is 2.29. The molecule has 1 aromatic rings. The number of carbonyl (C=O) groups excluding carboxylic acids is 1. The van der Waals surface area contributed by atoms with E-state index in [1.165, 1.54) is 19.2 Å². The van der Waals surface area contributed by atoms with Crippen molar-refractivity contribution in [2.45, 2.75) is 12.5 Å². The highest BCUT2D eigenvalue weighted by atomic mass is 35.5. The maximum Gasteiger partial charge on any atom is 0.405 e. The lowest BCUT2D eigenvalue weighted by Crippen LogP contribution is -2.28. The van der Waals surface area contributed by atoms with Crippen LogP contribution in [0.25, 0.3) is 0 Å². The molecule has 1 rings (SSSR count). The lowest BCUT2D eigenvalue weighted by Gasteiger charge is -2.19. The van der Waals surface area contributed by atoms with E-state index in [9.17, 15) is 14.0 Å². The Morgan fingerprint density at radius 3 is 2.83 bits per heavy atom. The lowest BCUT2D eigenvalue weighted by atomic mass is 10.0. The number of hydrogen-bond donors (Lipinski definition) is 2. The maximum atomic E-state index is 13.9. The average molecular weight is 276 g/mol. The molecular weight excluding hydrogens is 265 g/mol. The Balaban J connectivity index is 3.28. The summed E-state index contributed by atoms with van der Waals surface area (Å²) in [6.07, 6.45) is -1.11. The summed E-state index contributed by atoms with van der Waals surface area (Å²) in [5.41, 5.74) is -0.0838. The molecule has 5 nitrogen and oxygen atoms in total. The monoisotopic (exact) mass is 275 g/mol. The number of aldehydes is 1. The zero-order valence-corrected chi connectivity index (χ0v) is 10.2. The first-order valence-electron chi connectivity index (χ1n) is 4.96. The molecule has 0 saturated heterocycles. The maximum absolute atomic E-state index is 13.9. The fourth-order valence-electron chi connectivity index (χ4n) is 1.55. The van der Waals surface area contributed by atoms with Gasteiger partial charge in [-0.15, -0.1) is 0 Å². The number of benzene rings is 1. The summed E-state index contributed by atoms with van der Waals surface area (Å²) in [5, 5.41) is 10.5. The van der Waals surface area contributed by atoms with Gasteiger partial charge in [-0.2, -0.15) is 0 Å². The van der Waals surface area contributed by atoms with E-state index in [2.05, 4.69) is 0 Å². The number of halogens is 2. The van der Waals surface area contributed by atoms with E-state index in [4.69, 9.17) is 21.4 Å². The third kappa shape index (κ3) is 3.10. The summed E-state index contributed by atoms with van der Waals surface area (Å²) in [6.45, 7) is 0. The molecule has 0 spiro atoms. The van der Waals surface area contributed by atoms with Crippen molar-refractivity contribution in [3.63, 3.8) is 0 Å². The predicted molar refractivity (Wildman–Crippen MR) is 62.5 cm³/mol. The first kappa shape index (κ1) is 14.2. The zero-order valence-electron chi connectivity index (χ0n) is 9.44. The Morgan fingerprint density at radius 1 is 1.67 bits per heavy atom. The van der Waals surface area contributed by atoms with E-state index < -0.39 is 18.0 Å². The average Bonchev–Trinajstić information content (AvgIpc) is 2.31. The zero-order chi connectivity index (χ0) is 13.7. The molecule has 0 aliphatic rings. The molecule has 7 heteroatoms. The second-order valence-electron chi connectivity index (χ2n) is 3.38. The third-order valence-corrected chi connectivity index (χ3v) is 2.58. The van der Waals surface area contributed by atoms with Gasteiger partial charge in [-0.1, -0.05) is 11.6 Å². The Morgan fingerprint density at radius 2 is 2.33 bits per heavy atom. The predicted octanol–water partition coefficient (Wildman–Crippen LogP) is 2.39. The van der Waals surface area contributed by atoms with Gasteiger partial charge in [-0.05, 0) is 12.1 Å². The summed E-state index contributed by atoms with van der Waals surface area (Å²) in [5.74, 6) is -0.686. The van der Waals surface area contributed by atoms with Crippen molar-refractivity contribution in [2.24, 2.45) is 0 Å². The van der Waals surface area contributed by atoms with Crippen LogP contribution in [0, 0.1) is 5.82 Å². The number of carboxylic acid groups (broad SMARTS) is 1. The molecule has 0 bridgehead atoms. The van der Waals surface area contributed by atoms with Crippen LogP contribution in [-0.2, 0) is 4.79 Å². The number of carbonyl (C=O) groups is 2. The fourth-order valence-corrected chi connectivity index (χ4v) is 1.71. The van der Waals surface area contributed by atoms with Gasteiger partial charge >= 0.3 is 6.09 Å². The molecule has 1 amide bonds. The van der Waals surface area contributed by atoms with Crippen LogP contribution in [0.3, 0.4) is 0 Å². The van der Waals surface area contributed by atoms with E-state index in [1.807, 2.05) is 5.32 Å². The Labute approximate surface area is 108 Å². The first-order chi connectivity index (χ1) is 8.51. The van der Waals surface area contributed by atoms with Gasteiger partial charge in [0.15, 0.2) is 5.82 Å². The van der Waals surface area contributed by atoms with E-state index >= 15 is 0 Å². The minimum atomic E-state index is -1.37. The summed E-state index contributed by atoms with van der Waals surface area (Å²) in [4.78, 5) is 21.2. The van der Waals surface area contributed by atoms with Crippen molar-refractivity contribution in [3.05, 3.63) is 28.5 Å². The van der Waals surface area contributed by atoms with Gasteiger partial charge in [0.25, 0.3) is 0 Å². The standard InChI is InChI=1S/C11H11ClFNO4/c1-18-8-3-2-6(12)10(13)9(8)7(4-5-15)14-11(16)17/h2-3,5,7,14H,4H2,1H3,(H,16,17). The van der Waals surface area contributed by atoms with E-state index in [-0.39, 0.29) is 22.8 Å². The van der Waals surface area contributed by atoms with Crippen molar-refractivity contribution in [2.75, 3.05) is 7.11 Å². The second-order valence-corrected chi connectivity index (χ2v) is 3.79. The lowest BCUT2D eigenvalue weighted by molar-refractivity contribution is -0.108. The van der Waals surface area contributed by atoms with E-state index in [0.29, 0.717) is 6.29 Å². The largest absolute Gasteiger partial charge is 0.496 e. The fraction of sp³-hybridized carbons (Fsp3) is 0.273. The molecule has 1 atom stereocenters. The summed E-state index contributed by atoms with van der Waals surface area (Å²) < 4.78 is 18.9. The van der Waals surface area contributed by atoms with Crippen LogP contribution in [0.1, 0.15) is 18.0 Å². The number of nitrogens with one attached hydrogen (secondary N) is 1. The molecular formula is C11H11ClFNO4. The molecule has 0 aromatic heterocycles. The molecule has 0 aliphatic carbocycles. The molecule has 98 valence electrons. The Bertz CT molecular complexity index is 467. The van der Waals surface area contributed by atoms with Crippen LogP contribution >= 0.6 is 11.6 Å². The molecule has 2 N–H and O–H groups in total. The summed E-state index contributed by atoms with van der Waals surface area (Å²) in [6, 6.07) is 1.65.